The minimum absolute atomic E-state index is 0.0334. The average molecular weight is 673 g/mol. The Labute approximate surface area is 282 Å². The van der Waals surface area contributed by atoms with Gasteiger partial charge in [0.1, 0.15) is 55.6 Å². The van der Waals surface area contributed by atoms with E-state index in [1.54, 1.807) is 10.9 Å². The summed E-state index contributed by atoms with van der Waals surface area (Å²) in [6.07, 6.45) is 4.77. The van der Waals surface area contributed by atoms with E-state index in [1.807, 2.05) is 50.2 Å². The van der Waals surface area contributed by atoms with Crippen molar-refractivity contribution in [2.24, 2.45) is 0 Å². The SMILES string of the molecule is CC[C@H](C)n1ncn(-c2ccc(N3CCN(c4ccc(OC[C@H]5CO[C@@](Cn6cncn6)(c6ccc(F)cc6F)O5)cc4)CC3)cc2)c1=O. The number of hydrogen-bond donors (Lipinski definition) is 0. The van der Waals surface area contributed by atoms with E-state index in [-0.39, 0.29) is 37.1 Å². The highest BCUT2D eigenvalue weighted by molar-refractivity contribution is 5.54. The maximum absolute atomic E-state index is 14.9. The van der Waals surface area contributed by atoms with Gasteiger partial charge in [0.25, 0.3) is 0 Å². The Kier molecular flexibility index (Phi) is 9.15. The van der Waals surface area contributed by atoms with Crippen molar-refractivity contribution < 1.29 is 23.0 Å². The maximum atomic E-state index is 14.9. The van der Waals surface area contributed by atoms with Crippen molar-refractivity contribution >= 4 is 11.4 Å². The summed E-state index contributed by atoms with van der Waals surface area (Å²) in [5.74, 6) is -2.30. The number of nitrogens with zero attached hydrogens (tertiary/aromatic N) is 8. The fourth-order valence-corrected chi connectivity index (χ4v) is 6.24. The van der Waals surface area contributed by atoms with Crippen molar-refractivity contribution in [3.05, 3.63) is 113 Å². The van der Waals surface area contributed by atoms with Gasteiger partial charge in [0.15, 0.2) is 0 Å². The van der Waals surface area contributed by atoms with E-state index < -0.39 is 23.5 Å². The lowest BCUT2D eigenvalue weighted by atomic mass is 10.0. The standard InChI is InChI=1S/C35H38F2N8O4/c1-3-25(2)45-34(46)44(24-40-45)29-7-5-27(6-8-29)41-14-16-42(17-15-41)28-9-11-30(12-10-28)47-19-31-20-48-35(49-31,21-43-23-38-22-39-43)32-13-4-26(36)18-33(32)37/h4-13,18,22-25,31H,3,14-17,19-21H2,1-2H3/t25-,31-,35+/m0/s1. The van der Waals surface area contributed by atoms with E-state index in [0.29, 0.717) is 5.75 Å². The molecular formula is C35H38F2N8O4. The molecule has 2 saturated heterocycles. The molecule has 3 atom stereocenters. The van der Waals surface area contributed by atoms with Gasteiger partial charge in [-0.15, -0.1) is 0 Å². The van der Waals surface area contributed by atoms with Crippen LogP contribution < -0.4 is 20.2 Å². The van der Waals surface area contributed by atoms with Gasteiger partial charge in [0.05, 0.1) is 18.3 Å². The van der Waals surface area contributed by atoms with E-state index in [9.17, 15) is 13.6 Å². The predicted molar refractivity (Wildman–Crippen MR) is 178 cm³/mol. The van der Waals surface area contributed by atoms with Crippen molar-refractivity contribution in [1.82, 2.24) is 29.1 Å². The molecule has 2 aliphatic rings. The van der Waals surface area contributed by atoms with Crippen LogP contribution in [0.5, 0.6) is 5.75 Å². The largest absolute Gasteiger partial charge is 0.491 e. The fraction of sp³-hybridized carbons (Fsp3) is 0.371. The fourth-order valence-electron chi connectivity index (χ4n) is 6.24. The Balaban J connectivity index is 0.925. The van der Waals surface area contributed by atoms with Gasteiger partial charge in [-0.05, 0) is 74.0 Å². The number of aromatic nitrogens is 6. The molecule has 4 heterocycles. The Bertz CT molecular complexity index is 1910. The Morgan fingerprint density at radius 1 is 0.918 bits per heavy atom. The Morgan fingerprint density at radius 3 is 2.22 bits per heavy atom. The Hall–Kier alpha value is -5.08. The molecule has 14 heteroatoms. The number of piperazine rings is 1. The molecule has 2 aliphatic heterocycles. The first kappa shape index (κ1) is 32.5. The molecule has 3 aromatic carbocycles. The minimum Gasteiger partial charge on any atom is -0.491 e. The Morgan fingerprint density at radius 2 is 1.59 bits per heavy atom. The first-order valence-corrected chi connectivity index (χ1v) is 16.4. The number of ether oxygens (including phenoxy) is 3. The number of anilines is 2. The molecule has 49 heavy (non-hydrogen) atoms. The number of halogens is 2. The lowest BCUT2D eigenvalue weighted by Gasteiger charge is -2.37. The molecule has 0 amide bonds. The predicted octanol–water partition coefficient (Wildman–Crippen LogP) is 4.55. The van der Waals surface area contributed by atoms with Gasteiger partial charge in [-0.1, -0.05) is 6.92 Å². The molecule has 0 N–H and O–H groups in total. The first-order valence-electron chi connectivity index (χ1n) is 16.4. The molecule has 0 saturated carbocycles. The lowest BCUT2D eigenvalue weighted by molar-refractivity contribution is -0.192. The summed E-state index contributed by atoms with van der Waals surface area (Å²) in [5, 5.41) is 8.39. The summed E-state index contributed by atoms with van der Waals surface area (Å²) in [6, 6.07) is 19.3. The van der Waals surface area contributed by atoms with Crippen LogP contribution in [0.15, 0.2) is 90.5 Å². The van der Waals surface area contributed by atoms with E-state index in [4.69, 9.17) is 14.2 Å². The maximum Gasteiger partial charge on any atom is 0.350 e. The van der Waals surface area contributed by atoms with Crippen molar-refractivity contribution in [2.45, 2.75) is 44.7 Å². The molecule has 2 fully saturated rings. The third-order valence-electron chi connectivity index (χ3n) is 9.15. The zero-order valence-corrected chi connectivity index (χ0v) is 27.4. The van der Waals surface area contributed by atoms with E-state index in [0.717, 1.165) is 55.7 Å². The van der Waals surface area contributed by atoms with Crippen LogP contribution in [-0.2, 0) is 21.8 Å². The van der Waals surface area contributed by atoms with Crippen molar-refractivity contribution in [3.63, 3.8) is 0 Å². The van der Waals surface area contributed by atoms with Gasteiger partial charge in [-0.2, -0.15) is 10.2 Å². The topological polar surface area (TPSA) is 105 Å². The number of benzene rings is 3. The second-order valence-electron chi connectivity index (χ2n) is 12.3. The molecule has 0 aliphatic carbocycles. The van der Waals surface area contributed by atoms with E-state index in [2.05, 4.69) is 37.1 Å². The zero-order chi connectivity index (χ0) is 34.0. The van der Waals surface area contributed by atoms with Crippen molar-refractivity contribution in [3.8, 4) is 11.4 Å². The second-order valence-corrected chi connectivity index (χ2v) is 12.3. The summed E-state index contributed by atoms with van der Waals surface area (Å²) in [4.78, 5) is 21.4. The van der Waals surface area contributed by atoms with Crippen LogP contribution in [0.3, 0.4) is 0 Å². The smallest absolute Gasteiger partial charge is 0.350 e. The summed E-state index contributed by atoms with van der Waals surface area (Å²) in [5.41, 5.74) is 2.95. The second kappa shape index (κ2) is 13.8. The molecule has 256 valence electrons. The lowest BCUT2D eigenvalue weighted by Crippen LogP contribution is -2.46. The third-order valence-corrected chi connectivity index (χ3v) is 9.15. The molecule has 0 unspecified atom stereocenters. The minimum atomic E-state index is -1.51. The monoisotopic (exact) mass is 672 g/mol. The molecule has 5 aromatic rings. The summed E-state index contributed by atoms with van der Waals surface area (Å²) < 4.78 is 51.4. The van der Waals surface area contributed by atoms with Gasteiger partial charge in [-0.25, -0.2) is 32.5 Å². The first-order chi connectivity index (χ1) is 23.8. The van der Waals surface area contributed by atoms with Crippen LogP contribution in [0, 0.1) is 11.6 Å². The van der Waals surface area contributed by atoms with Crippen LogP contribution in [-0.4, -0.2) is 74.6 Å². The number of hydrogen-bond acceptors (Lipinski definition) is 9. The molecule has 12 nitrogen and oxygen atoms in total. The van der Waals surface area contributed by atoms with Gasteiger partial charge in [0, 0.05) is 49.2 Å². The molecule has 0 bridgehead atoms. The van der Waals surface area contributed by atoms with Gasteiger partial charge in [-0.3, -0.25) is 0 Å². The molecule has 0 radical (unpaired) electrons. The summed E-state index contributed by atoms with van der Waals surface area (Å²) in [6.45, 7) is 7.80. The zero-order valence-electron chi connectivity index (χ0n) is 27.4. The highest BCUT2D eigenvalue weighted by atomic mass is 19.1. The van der Waals surface area contributed by atoms with Crippen LogP contribution in [0.4, 0.5) is 20.2 Å². The van der Waals surface area contributed by atoms with Crippen LogP contribution >= 0.6 is 0 Å². The highest BCUT2D eigenvalue weighted by Gasteiger charge is 2.46. The van der Waals surface area contributed by atoms with Gasteiger partial charge in [0.2, 0.25) is 5.79 Å². The summed E-state index contributed by atoms with van der Waals surface area (Å²) in [7, 11) is 0. The van der Waals surface area contributed by atoms with Crippen LogP contribution in [0.1, 0.15) is 31.9 Å². The van der Waals surface area contributed by atoms with Crippen LogP contribution in [0.2, 0.25) is 0 Å². The molecule has 2 aromatic heterocycles. The number of rotatable bonds is 11. The summed E-state index contributed by atoms with van der Waals surface area (Å²) >= 11 is 0. The highest BCUT2D eigenvalue weighted by Crippen LogP contribution is 2.38. The molecular weight excluding hydrogens is 634 g/mol. The van der Waals surface area contributed by atoms with Crippen molar-refractivity contribution in [2.75, 3.05) is 49.2 Å². The third kappa shape index (κ3) is 6.78. The molecule has 0 spiro atoms. The quantitative estimate of drug-likeness (QED) is 0.200. The van der Waals surface area contributed by atoms with Gasteiger partial charge >= 0.3 is 5.69 Å². The van der Waals surface area contributed by atoms with Gasteiger partial charge < -0.3 is 24.0 Å². The van der Waals surface area contributed by atoms with Crippen LogP contribution in [0.25, 0.3) is 5.69 Å². The molecule has 7 rings (SSSR count). The van der Waals surface area contributed by atoms with E-state index in [1.165, 1.54) is 34.2 Å². The van der Waals surface area contributed by atoms with E-state index >= 15 is 0 Å². The average Bonchev–Trinajstić information content (AvgIpc) is 3.88. The van der Waals surface area contributed by atoms with Crippen molar-refractivity contribution in [1.29, 1.82) is 0 Å². The normalized spacial score (nSPS) is 20.1.